The molecule has 0 spiro atoms. The largest absolute Gasteiger partial charge is 0.493 e. The first-order chi connectivity index (χ1) is 25.7. The van der Waals surface area contributed by atoms with Gasteiger partial charge in [0.1, 0.15) is 11.5 Å². The standard InChI is InChI=1S/C43H56O10/c1-5-7-9-11-13-14-16-17-29-49-32(3)40(44)51-36-26-21-34(22-27-36)42(46)53-38-28-23-35(31-39(38)48-4)43(47)52-37-24-19-33(20-25-37)41(45)50-30-18-15-12-10-8-6-2/h19-28,31-32H,5-18,29-30H2,1-4H3. The van der Waals surface area contributed by atoms with Crippen molar-refractivity contribution < 1.29 is 47.6 Å². The van der Waals surface area contributed by atoms with E-state index in [2.05, 4.69) is 13.8 Å². The zero-order chi connectivity index (χ0) is 38.3. The molecular formula is C43H56O10. The molecule has 0 bridgehead atoms. The Morgan fingerprint density at radius 2 is 0.981 bits per heavy atom. The predicted octanol–water partition coefficient (Wildman–Crippen LogP) is 10.1. The van der Waals surface area contributed by atoms with E-state index in [-0.39, 0.29) is 34.1 Å². The Balaban J connectivity index is 1.43. The van der Waals surface area contributed by atoms with Crippen molar-refractivity contribution in [1.82, 2.24) is 0 Å². The normalized spacial score (nSPS) is 11.4. The number of ether oxygens (including phenoxy) is 6. The average Bonchev–Trinajstić information content (AvgIpc) is 3.17. The van der Waals surface area contributed by atoms with E-state index in [4.69, 9.17) is 28.4 Å². The number of methoxy groups -OCH3 is 1. The minimum absolute atomic E-state index is 0.0934. The van der Waals surface area contributed by atoms with Gasteiger partial charge < -0.3 is 28.4 Å². The van der Waals surface area contributed by atoms with E-state index in [1.807, 2.05) is 0 Å². The first kappa shape index (κ1) is 42.7. The van der Waals surface area contributed by atoms with E-state index in [1.54, 1.807) is 19.1 Å². The van der Waals surface area contributed by atoms with Gasteiger partial charge in [0, 0.05) is 6.61 Å². The summed E-state index contributed by atoms with van der Waals surface area (Å²) in [6, 6.07) is 16.4. The van der Waals surface area contributed by atoms with Crippen molar-refractivity contribution in [1.29, 1.82) is 0 Å². The Morgan fingerprint density at radius 3 is 1.55 bits per heavy atom. The Labute approximate surface area is 314 Å². The quantitative estimate of drug-likeness (QED) is 0.0472. The van der Waals surface area contributed by atoms with Crippen LogP contribution in [0, 0.1) is 0 Å². The minimum Gasteiger partial charge on any atom is -0.493 e. The lowest BCUT2D eigenvalue weighted by Crippen LogP contribution is -2.26. The summed E-state index contributed by atoms with van der Waals surface area (Å²) in [6.07, 6.45) is 15.4. The third-order valence-corrected chi connectivity index (χ3v) is 8.64. The highest BCUT2D eigenvalue weighted by Gasteiger charge is 2.19. The van der Waals surface area contributed by atoms with E-state index in [0.29, 0.717) is 18.8 Å². The summed E-state index contributed by atoms with van der Waals surface area (Å²) in [5.74, 6) is -1.54. The second kappa shape index (κ2) is 24.5. The van der Waals surface area contributed by atoms with Crippen LogP contribution in [-0.4, -0.2) is 50.3 Å². The number of rotatable bonds is 25. The maximum absolute atomic E-state index is 12.9. The van der Waals surface area contributed by atoms with Crippen LogP contribution in [0.25, 0.3) is 0 Å². The Kier molecular flexibility index (Phi) is 19.8. The molecule has 3 aromatic rings. The monoisotopic (exact) mass is 732 g/mol. The van der Waals surface area contributed by atoms with Gasteiger partial charge in [0.05, 0.1) is 30.4 Å². The van der Waals surface area contributed by atoms with Crippen molar-refractivity contribution in [2.75, 3.05) is 20.3 Å². The molecule has 288 valence electrons. The first-order valence-corrected chi connectivity index (χ1v) is 19.1. The third kappa shape index (κ3) is 15.8. The van der Waals surface area contributed by atoms with Crippen molar-refractivity contribution in [3.63, 3.8) is 0 Å². The molecule has 0 aliphatic carbocycles. The number of esters is 4. The smallest absolute Gasteiger partial charge is 0.343 e. The van der Waals surface area contributed by atoms with E-state index in [1.165, 1.54) is 119 Å². The molecule has 0 saturated carbocycles. The zero-order valence-corrected chi connectivity index (χ0v) is 31.8. The maximum atomic E-state index is 12.9. The molecule has 10 heteroatoms. The molecule has 1 unspecified atom stereocenters. The number of carbonyl (C=O) groups is 4. The minimum atomic E-state index is -0.715. The van der Waals surface area contributed by atoms with Crippen molar-refractivity contribution >= 4 is 23.9 Å². The van der Waals surface area contributed by atoms with E-state index >= 15 is 0 Å². The van der Waals surface area contributed by atoms with Gasteiger partial charge in [-0.3, -0.25) is 0 Å². The number of hydrogen-bond acceptors (Lipinski definition) is 10. The molecule has 0 amide bonds. The summed E-state index contributed by atoms with van der Waals surface area (Å²) in [5.41, 5.74) is 0.735. The van der Waals surface area contributed by atoms with Gasteiger partial charge in [0.2, 0.25) is 0 Å². The van der Waals surface area contributed by atoms with Crippen LogP contribution < -0.4 is 18.9 Å². The highest BCUT2D eigenvalue weighted by atomic mass is 16.6. The highest BCUT2D eigenvalue weighted by molar-refractivity contribution is 5.94. The lowest BCUT2D eigenvalue weighted by atomic mass is 10.1. The fourth-order valence-corrected chi connectivity index (χ4v) is 5.42. The summed E-state index contributed by atoms with van der Waals surface area (Å²) in [4.78, 5) is 50.6. The highest BCUT2D eigenvalue weighted by Crippen LogP contribution is 2.30. The Morgan fingerprint density at radius 1 is 0.509 bits per heavy atom. The van der Waals surface area contributed by atoms with Crippen molar-refractivity contribution in [3.8, 4) is 23.0 Å². The predicted molar refractivity (Wildman–Crippen MR) is 203 cm³/mol. The number of hydrogen-bond donors (Lipinski definition) is 0. The molecular weight excluding hydrogens is 676 g/mol. The lowest BCUT2D eigenvalue weighted by Gasteiger charge is -2.13. The number of benzene rings is 3. The zero-order valence-electron chi connectivity index (χ0n) is 31.8. The maximum Gasteiger partial charge on any atom is 0.343 e. The number of carbonyl (C=O) groups excluding carboxylic acids is 4. The average molecular weight is 733 g/mol. The van der Waals surface area contributed by atoms with Gasteiger partial charge in [-0.1, -0.05) is 90.9 Å². The fraction of sp³-hybridized carbons (Fsp3) is 0.488. The molecule has 1 atom stereocenters. The van der Waals surface area contributed by atoms with E-state index < -0.39 is 30.0 Å². The van der Waals surface area contributed by atoms with Crippen LogP contribution >= 0.6 is 0 Å². The second-order valence-corrected chi connectivity index (χ2v) is 13.0. The molecule has 10 nitrogen and oxygen atoms in total. The van der Waals surface area contributed by atoms with Crippen LogP contribution in [0.15, 0.2) is 66.7 Å². The van der Waals surface area contributed by atoms with Crippen LogP contribution in [0.1, 0.15) is 142 Å². The summed E-state index contributed by atoms with van der Waals surface area (Å²) in [7, 11) is 1.38. The van der Waals surface area contributed by atoms with Gasteiger partial charge in [0.15, 0.2) is 17.6 Å². The van der Waals surface area contributed by atoms with Gasteiger partial charge in [-0.15, -0.1) is 0 Å². The molecule has 0 heterocycles. The summed E-state index contributed by atoms with van der Waals surface area (Å²) < 4.78 is 32.8. The molecule has 0 aromatic heterocycles. The lowest BCUT2D eigenvalue weighted by molar-refractivity contribution is -0.146. The van der Waals surface area contributed by atoms with Crippen molar-refractivity contribution in [3.05, 3.63) is 83.4 Å². The molecule has 3 rings (SSSR count). The third-order valence-electron chi connectivity index (χ3n) is 8.64. The molecule has 0 aliphatic heterocycles. The van der Waals surface area contributed by atoms with E-state index in [9.17, 15) is 19.2 Å². The topological polar surface area (TPSA) is 124 Å². The van der Waals surface area contributed by atoms with Crippen LogP contribution in [0.5, 0.6) is 23.0 Å². The molecule has 3 aromatic carbocycles. The van der Waals surface area contributed by atoms with Crippen molar-refractivity contribution in [2.45, 2.75) is 117 Å². The molecule has 0 aliphatic rings. The van der Waals surface area contributed by atoms with Gasteiger partial charge in [0.25, 0.3) is 0 Å². The molecule has 53 heavy (non-hydrogen) atoms. The SMILES string of the molecule is CCCCCCCCCCOC(C)C(=O)Oc1ccc(C(=O)Oc2ccc(C(=O)Oc3ccc(C(=O)OCCCCCCCC)cc3)cc2OC)cc1. The van der Waals surface area contributed by atoms with Crippen LogP contribution in [0.4, 0.5) is 0 Å². The molecule has 0 saturated heterocycles. The molecule has 0 fully saturated rings. The van der Waals surface area contributed by atoms with Crippen LogP contribution in [0.3, 0.4) is 0 Å². The first-order valence-electron chi connectivity index (χ1n) is 19.1. The summed E-state index contributed by atoms with van der Waals surface area (Å²) >= 11 is 0. The van der Waals surface area contributed by atoms with Crippen LogP contribution in [0.2, 0.25) is 0 Å². The van der Waals surface area contributed by atoms with Gasteiger partial charge >= 0.3 is 23.9 Å². The van der Waals surface area contributed by atoms with E-state index in [0.717, 1.165) is 32.1 Å². The second-order valence-electron chi connectivity index (χ2n) is 13.0. The van der Waals surface area contributed by atoms with Gasteiger partial charge in [-0.2, -0.15) is 0 Å². The van der Waals surface area contributed by atoms with Crippen molar-refractivity contribution in [2.24, 2.45) is 0 Å². The van der Waals surface area contributed by atoms with Crippen LogP contribution in [-0.2, 0) is 14.3 Å². The molecule has 0 radical (unpaired) electrons. The molecule has 0 N–H and O–H groups in total. The number of unbranched alkanes of at least 4 members (excludes halogenated alkanes) is 12. The van der Waals surface area contributed by atoms with Gasteiger partial charge in [-0.05, 0) is 86.5 Å². The summed E-state index contributed by atoms with van der Waals surface area (Å²) in [6.45, 7) is 6.90. The van der Waals surface area contributed by atoms with Gasteiger partial charge in [-0.25, -0.2) is 19.2 Å². The summed E-state index contributed by atoms with van der Waals surface area (Å²) in [5, 5.41) is 0. The Hall–Kier alpha value is -4.70. The fourth-order valence-electron chi connectivity index (χ4n) is 5.42. The Bertz CT molecular complexity index is 1550.